The summed E-state index contributed by atoms with van der Waals surface area (Å²) < 4.78 is 2.03. The first kappa shape index (κ1) is 16.7. The van der Waals surface area contributed by atoms with Crippen LogP contribution in [-0.4, -0.2) is 36.4 Å². The monoisotopic (exact) mass is 460 g/mol. The Bertz CT molecular complexity index is 883. The van der Waals surface area contributed by atoms with E-state index in [0.29, 0.717) is 5.82 Å². The molecule has 126 valence electrons. The Hall–Kier alpha value is -1.77. The maximum Gasteiger partial charge on any atom is 0.162 e. The van der Waals surface area contributed by atoms with Gasteiger partial charge in [0.05, 0.1) is 11.3 Å². The Morgan fingerprint density at radius 3 is 2.48 bits per heavy atom. The molecule has 0 unspecified atom stereocenters. The Balaban J connectivity index is 1.54. The first-order chi connectivity index (χ1) is 12.2. The fraction of sp³-hybridized carbons (Fsp3) is 0.235. The van der Waals surface area contributed by atoms with Crippen molar-refractivity contribution in [3.05, 3.63) is 63.1 Å². The first-order valence-electron chi connectivity index (χ1n) is 7.81. The second-order valence-corrected chi connectivity index (χ2v) is 7.54. The van der Waals surface area contributed by atoms with Crippen LogP contribution in [0.3, 0.4) is 0 Å². The Kier molecular flexibility index (Phi) is 4.82. The number of aromatic nitrogens is 5. The molecular formula is C17H14Br2N6. The molecule has 1 aliphatic heterocycles. The molecule has 8 heteroatoms. The van der Waals surface area contributed by atoms with Gasteiger partial charge in [-0.15, -0.1) is 0 Å². The molecule has 4 rings (SSSR count). The minimum Gasteiger partial charge on any atom is -0.294 e. The molecule has 0 spiro atoms. The van der Waals surface area contributed by atoms with E-state index in [-0.39, 0.29) is 0 Å². The molecule has 1 aliphatic rings. The molecule has 0 saturated heterocycles. The van der Waals surface area contributed by atoms with E-state index >= 15 is 0 Å². The van der Waals surface area contributed by atoms with Gasteiger partial charge in [-0.1, -0.05) is 0 Å². The van der Waals surface area contributed by atoms with Crippen LogP contribution in [0.4, 0.5) is 0 Å². The molecule has 0 aliphatic carbocycles. The van der Waals surface area contributed by atoms with Crippen molar-refractivity contribution in [2.45, 2.75) is 19.5 Å². The summed E-state index contributed by atoms with van der Waals surface area (Å²) in [7, 11) is 0. The van der Waals surface area contributed by atoms with Gasteiger partial charge in [0.2, 0.25) is 0 Å². The summed E-state index contributed by atoms with van der Waals surface area (Å²) in [5.41, 5.74) is 4.33. The third-order valence-corrected chi connectivity index (χ3v) is 5.53. The molecule has 25 heavy (non-hydrogen) atoms. The molecule has 4 heterocycles. The van der Waals surface area contributed by atoms with Crippen LogP contribution >= 0.6 is 31.9 Å². The van der Waals surface area contributed by atoms with Crippen molar-refractivity contribution in [2.75, 3.05) is 6.54 Å². The Labute approximate surface area is 162 Å². The third kappa shape index (κ3) is 3.61. The van der Waals surface area contributed by atoms with Gasteiger partial charge >= 0.3 is 0 Å². The van der Waals surface area contributed by atoms with Gasteiger partial charge in [0, 0.05) is 71.5 Å². The lowest BCUT2D eigenvalue weighted by Gasteiger charge is -2.28. The van der Waals surface area contributed by atoms with Crippen LogP contribution in [0.2, 0.25) is 0 Å². The highest BCUT2D eigenvalue weighted by Crippen LogP contribution is 2.27. The molecule has 0 bridgehead atoms. The molecular weight excluding hydrogens is 448 g/mol. The predicted molar refractivity (Wildman–Crippen MR) is 101 cm³/mol. The van der Waals surface area contributed by atoms with E-state index in [0.717, 1.165) is 46.3 Å². The van der Waals surface area contributed by atoms with Crippen molar-refractivity contribution in [1.82, 2.24) is 29.8 Å². The van der Waals surface area contributed by atoms with Gasteiger partial charge in [-0.25, -0.2) is 19.9 Å². The standard InChI is InChI=1S/C17H14Br2N6/c18-14-6-20-7-15(19)13(14)9-25-2-1-16-12(8-25)5-23-17(24-16)11-3-21-10-22-4-11/h3-7,10H,1-2,8-9H2. The summed E-state index contributed by atoms with van der Waals surface area (Å²) in [4.78, 5) is 23.8. The topological polar surface area (TPSA) is 67.7 Å². The molecule has 0 N–H and O–H groups in total. The van der Waals surface area contributed by atoms with E-state index in [1.807, 2.05) is 18.6 Å². The normalized spacial score (nSPS) is 14.3. The van der Waals surface area contributed by atoms with E-state index in [4.69, 9.17) is 4.98 Å². The lowest BCUT2D eigenvalue weighted by Crippen LogP contribution is -2.31. The summed E-state index contributed by atoms with van der Waals surface area (Å²) in [6.45, 7) is 2.63. The molecule has 0 aromatic carbocycles. The Morgan fingerprint density at radius 1 is 0.960 bits per heavy atom. The Morgan fingerprint density at radius 2 is 1.72 bits per heavy atom. The quantitative estimate of drug-likeness (QED) is 0.595. The first-order valence-corrected chi connectivity index (χ1v) is 9.39. The lowest BCUT2D eigenvalue weighted by molar-refractivity contribution is 0.242. The lowest BCUT2D eigenvalue weighted by atomic mass is 10.1. The minimum absolute atomic E-state index is 0.687. The van der Waals surface area contributed by atoms with Crippen molar-refractivity contribution in [1.29, 1.82) is 0 Å². The molecule has 6 nitrogen and oxygen atoms in total. The van der Waals surface area contributed by atoms with E-state index in [1.165, 1.54) is 17.5 Å². The van der Waals surface area contributed by atoms with Crippen LogP contribution < -0.4 is 0 Å². The number of fused-ring (bicyclic) bond motifs is 1. The fourth-order valence-electron chi connectivity index (χ4n) is 2.88. The second-order valence-electron chi connectivity index (χ2n) is 5.84. The maximum absolute atomic E-state index is 4.71. The minimum atomic E-state index is 0.687. The number of hydrogen-bond donors (Lipinski definition) is 0. The highest BCUT2D eigenvalue weighted by Gasteiger charge is 2.20. The van der Waals surface area contributed by atoms with E-state index < -0.39 is 0 Å². The van der Waals surface area contributed by atoms with Crippen molar-refractivity contribution >= 4 is 31.9 Å². The molecule has 0 radical (unpaired) electrons. The molecule has 3 aromatic rings. The van der Waals surface area contributed by atoms with Gasteiger partial charge in [-0.2, -0.15) is 0 Å². The van der Waals surface area contributed by atoms with Crippen LogP contribution in [0.15, 0.2) is 46.3 Å². The zero-order valence-electron chi connectivity index (χ0n) is 13.2. The van der Waals surface area contributed by atoms with Crippen molar-refractivity contribution in [2.24, 2.45) is 0 Å². The van der Waals surface area contributed by atoms with Crippen LogP contribution in [-0.2, 0) is 19.5 Å². The molecule has 0 atom stereocenters. The number of pyridine rings is 1. The maximum atomic E-state index is 4.71. The van der Waals surface area contributed by atoms with E-state index in [9.17, 15) is 0 Å². The molecule has 0 saturated carbocycles. The summed E-state index contributed by atoms with van der Waals surface area (Å²) in [6.07, 6.45) is 11.5. The number of halogens is 2. The van der Waals surface area contributed by atoms with Gasteiger partial charge in [0.1, 0.15) is 6.33 Å². The molecule has 3 aromatic heterocycles. The number of hydrogen-bond acceptors (Lipinski definition) is 6. The summed E-state index contributed by atoms with van der Waals surface area (Å²) in [5.74, 6) is 0.687. The number of rotatable bonds is 3. The summed E-state index contributed by atoms with van der Waals surface area (Å²) in [5, 5.41) is 0. The number of nitrogens with zero attached hydrogens (tertiary/aromatic N) is 6. The second kappa shape index (κ2) is 7.23. The molecule has 0 amide bonds. The van der Waals surface area contributed by atoms with Crippen LogP contribution in [0, 0.1) is 0 Å². The zero-order chi connectivity index (χ0) is 17.2. The van der Waals surface area contributed by atoms with Crippen molar-refractivity contribution in [3.8, 4) is 11.4 Å². The predicted octanol–water partition coefficient (Wildman–Crippen LogP) is 3.41. The van der Waals surface area contributed by atoms with Gasteiger partial charge in [-0.3, -0.25) is 9.88 Å². The zero-order valence-corrected chi connectivity index (χ0v) is 16.4. The van der Waals surface area contributed by atoms with E-state index in [2.05, 4.69) is 56.7 Å². The van der Waals surface area contributed by atoms with Crippen LogP contribution in [0.5, 0.6) is 0 Å². The van der Waals surface area contributed by atoms with Crippen LogP contribution in [0.1, 0.15) is 16.8 Å². The largest absolute Gasteiger partial charge is 0.294 e. The average molecular weight is 462 g/mol. The van der Waals surface area contributed by atoms with Crippen LogP contribution in [0.25, 0.3) is 11.4 Å². The smallest absolute Gasteiger partial charge is 0.162 e. The third-order valence-electron chi connectivity index (χ3n) is 4.17. The van der Waals surface area contributed by atoms with Crippen molar-refractivity contribution in [3.63, 3.8) is 0 Å². The fourth-order valence-corrected chi connectivity index (χ4v) is 4.06. The highest BCUT2D eigenvalue weighted by molar-refractivity contribution is 9.11. The SMILES string of the molecule is Brc1cncc(Br)c1CN1CCc2nc(-c3cncnc3)ncc2C1. The highest BCUT2D eigenvalue weighted by atomic mass is 79.9. The summed E-state index contributed by atoms with van der Waals surface area (Å²) in [6, 6.07) is 0. The average Bonchev–Trinajstić information content (AvgIpc) is 2.65. The summed E-state index contributed by atoms with van der Waals surface area (Å²) >= 11 is 7.17. The van der Waals surface area contributed by atoms with E-state index in [1.54, 1.807) is 12.4 Å². The van der Waals surface area contributed by atoms with Gasteiger partial charge in [0.15, 0.2) is 5.82 Å². The van der Waals surface area contributed by atoms with Gasteiger partial charge in [-0.05, 0) is 37.4 Å². The van der Waals surface area contributed by atoms with Gasteiger partial charge < -0.3 is 0 Å². The van der Waals surface area contributed by atoms with Crippen molar-refractivity contribution < 1.29 is 0 Å². The van der Waals surface area contributed by atoms with Gasteiger partial charge in [0.25, 0.3) is 0 Å². The molecule has 0 fully saturated rings.